The number of carbonyl (C=O) groups excluding carboxylic acids is 1. The van der Waals surface area contributed by atoms with Gasteiger partial charge in [0.1, 0.15) is 5.76 Å². The van der Waals surface area contributed by atoms with Gasteiger partial charge in [-0.05, 0) is 50.5 Å². The summed E-state index contributed by atoms with van der Waals surface area (Å²) in [5.74, 6) is -0.829. The Morgan fingerprint density at radius 2 is 1.72 bits per heavy atom. The average molecular weight is 458 g/mol. The molecule has 0 saturated heterocycles. The zero-order valence-corrected chi connectivity index (χ0v) is 18.4. The molecular formula is C22H23N3O6S. The van der Waals surface area contributed by atoms with Crippen LogP contribution in [0.25, 0.3) is 0 Å². The number of sulfone groups is 1. The normalized spacial score (nSPS) is 19.2. The van der Waals surface area contributed by atoms with Gasteiger partial charge in [0.2, 0.25) is 9.84 Å². The second-order valence-corrected chi connectivity index (χ2v) is 9.33. The third-order valence-electron chi connectivity index (χ3n) is 5.06. The predicted octanol–water partition coefficient (Wildman–Crippen LogP) is 2.82. The predicted molar refractivity (Wildman–Crippen MR) is 119 cm³/mol. The molecule has 0 radical (unpaired) electrons. The number of likely N-dealkylation sites (N-methyl/N-ethyl adjacent to an activating group) is 1. The SMILES string of the molecule is CN(C)C1([N+](=O)[O-])C=CC(OC(C(=O)Nc2ccccc2)S(=O)(=O)c2ccccc2)=CC1. The number of nitro groups is 1. The van der Waals surface area contributed by atoms with Crippen molar-refractivity contribution in [1.29, 1.82) is 0 Å². The summed E-state index contributed by atoms with van der Waals surface area (Å²) in [6.45, 7) is 0. The van der Waals surface area contributed by atoms with Crippen LogP contribution in [0.1, 0.15) is 6.42 Å². The molecule has 2 aromatic carbocycles. The second-order valence-electron chi connectivity index (χ2n) is 7.34. The van der Waals surface area contributed by atoms with E-state index in [2.05, 4.69) is 5.32 Å². The second kappa shape index (κ2) is 9.33. The van der Waals surface area contributed by atoms with E-state index in [-0.39, 0.29) is 17.1 Å². The maximum absolute atomic E-state index is 13.2. The fraction of sp³-hybridized carbons (Fsp3) is 0.227. The minimum atomic E-state index is -4.23. The highest BCUT2D eigenvalue weighted by Gasteiger charge is 2.44. The summed E-state index contributed by atoms with van der Waals surface area (Å²) in [7, 11) is -1.09. The van der Waals surface area contributed by atoms with Crippen LogP contribution in [-0.2, 0) is 19.4 Å². The van der Waals surface area contributed by atoms with Crippen LogP contribution in [0.4, 0.5) is 5.69 Å². The van der Waals surface area contributed by atoms with Crippen molar-refractivity contribution < 1.29 is 22.9 Å². The first kappa shape index (κ1) is 23.2. The van der Waals surface area contributed by atoms with Crippen molar-refractivity contribution in [3.63, 3.8) is 0 Å². The van der Waals surface area contributed by atoms with Gasteiger partial charge in [-0.25, -0.2) is 13.3 Å². The molecule has 0 saturated carbocycles. The highest BCUT2D eigenvalue weighted by molar-refractivity contribution is 7.92. The lowest BCUT2D eigenvalue weighted by atomic mass is 10.00. The highest BCUT2D eigenvalue weighted by atomic mass is 32.2. The van der Waals surface area contributed by atoms with Crippen LogP contribution in [0.5, 0.6) is 0 Å². The van der Waals surface area contributed by atoms with Gasteiger partial charge < -0.3 is 10.1 Å². The first-order valence-electron chi connectivity index (χ1n) is 9.70. The lowest BCUT2D eigenvalue weighted by molar-refractivity contribution is -0.582. The van der Waals surface area contributed by atoms with Gasteiger partial charge >= 0.3 is 0 Å². The fourth-order valence-electron chi connectivity index (χ4n) is 3.16. The largest absolute Gasteiger partial charge is 0.464 e. The van der Waals surface area contributed by atoms with E-state index in [0.29, 0.717) is 5.69 Å². The molecule has 2 aromatic rings. The average Bonchev–Trinajstić information content (AvgIpc) is 2.78. The zero-order chi connectivity index (χ0) is 23.4. The molecule has 10 heteroatoms. The molecule has 0 heterocycles. The first-order chi connectivity index (χ1) is 15.2. The molecule has 0 aliphatic heterocycles. The van der Waals surface area contributed by atoms with Crippen molar-refractivity contribution in [3.8, 4) is 0 Å². The fourth-order valence-corrected chi connectivity index (χ4v) is 4.52. The smallest absolute Gasteiger partial charge is 0.299 e. The third-order valence-corrected chi connectivity index (χ3v) is 6.86. The molecule has 1 aliphatic carbocycles. The number of ether oxygens (including phenoxy) is 1. The molecule has 0 spiro atoms. The number of hydrogen-bond acceptors (Lipinski definition) is 7. The maximum atomic E-state index is 13.2. The summed E-state index contributed by atoms with van der Waals surface area (Å²) in [5.41, 5.74) is -2.97. The molecule has 32 heavy (non-hydrogen) atoms. The van der Waals surface area contributed by atoms with Crippen LogP contribution in [0.3, 0.4) is 0 Å². The minimum Gasteiger partial charge on any atom is -0.464 e. The standard InChI is InChI=1S/C22H23N3O6S/c1-24(2)22(25(27)28)15-13-18(14-16-22)31-21(20(26)23-17-9-5-3-6-10-17)32(29,30)19-11-7-4-8-12-19/h3-15,21H,16H2,1-2H3,(H,23,26). The van der Waals surface area contributed by atoms with Crippen LogP contribution in [0.2, 0.25) is 0 Å². The van der Waals surface area contributed by atoms with E-state index in [1.54, 1.807) is 62.6 Å². The molecule has 168 valence electrons. The number of anilines is 1. The molecule has 2 unspecified atom stereocenters. The first-order valence-corrected chi connectivity index (χ1v) is 11.2. The van der Waals surface area contributed by atoms with Gasteiger partial charge in [-0.3, -0.25) is 14.9 Å². The van der Waals surface area contributed by atoms with Gasteiger partial charge in [-0.1, -0.05) is 36.4 Å². The van der Waals surface area contributed by atoms with E-state index < -0.39 is 31.8 Å². The Balaban J connectivity index is 1.92. The number of benzene rings is 2. The highest BCUT2D eigenvalue weighted by Crippen LogP contribution is 2.29. The van der Waals surface area contributed by atoms with Gasteiger partial charge in [0.05, 0.1) is 11.3 Å². The van der Waals surface area contributed by atoms with Crippen LogP contribution < -0.4 is 5.32 Å². The Labute approximate surface area is 186 Å². The number of allylic oxidation sites excluding steroid dienone is 1. The Morgan fingerprint density at radius 1 is 1.12 bits per heavy atom. The summed E-state index contributed by atoms with van der Waals surface area (Å²) < 4.78 is 32.1. The number of nitrogens with one attached hydrogen (secondary N) is 1. The van der Waals surface area contributed by atoms with Gasteiger partial charge in [0.25, 0.3) is 17.0 Å². The van der Waals surface area contributed by atoms with Crippen LogP contribution in [0.15, 0.2) is 89.5 Å². The summed E-state index contributed by atoms with van der Waals surface area (Å²) in [6, 6.07) is 15.9. The van der Waals surface area contributed by atoms with E-state index in [4.69, 9.17) is 4.74 Å². The number of hydrogen-bond donors (Lipinski definition) is 1. The van der Waals surface area contributed by atoms with Gasteiger partial charge in [0.15, 0.2) is 0 Å². The van der Waals surface area contributed by atoms with Crippen molar-refractivity contribution in [1.82, 2.24) is 4.90 Å². The molecule has 3 rings (SSSR count). The van der Waals surface area contributed by atoms with Crippen LogP contribution in [-0.4, -0.2) is 49.3 Å². The maximum Gasteiger partial charge on any atom is 0.299 e. The topological polar surface area (TPSA) is 119 Å². The van der Waals surface area contributed by atoms with E-state index in [0.717, 1.165) is 0 Å². The van der Waals surface area contributed by atoms with Gasteiger partial charge in [-0.15, -0.1) is 0 Å². The summed E-state index contributed by atoms with van der Waals surface area (Å²) in [5, 5.41) is 14.1. The van der Waals surface area contributed by atoms with Crippen molar-refractivity contribution in [2.75, 3.05) is 19.4 Å². The number of nitrogens with zero attached hydrogens (tertiary/aromatic N) is 2. The van der Waals surface area contributed by atoms with E-state index in [1.165, 1.54) is 35.3 Å². The summed E-state index contributed by atoms with van der Waals surface area (Å²) in [4.78, 5) is 25.5. The lowest BCUT2D eigenvalue weighted by Crippen LogP contribution is -2.50. The molecule has 1 amide bonds. The Morgan fingerprint density at radius 3 is 2.22 bits per heavy atom. The monoisotopic (exact) mass is 457 g/mol. The molecule has 1 N–H and O–H groups in total. The van der Waals surface area contributed by atoms with Crippen LogP contribution >= 0.6 is 0 Å². The van der Waals surface area contributed by atoms with E-state index in [1.807, 2.05) is 0 Å². The van der Waals surface area contributed by atoms with Crippen molar-refractivity contribution in [2.45, 2.75) is 22.4 Å². The number of para-hydroxylation sites is 1. The quantitative estimate of drug-likeness (QED) is 0.368. The number of rotatable bonds is 8. The van der Waals surface area contributed by atoms with E-state index >= 15 is 0 Å². The molecule has 0 aromatic heterocycles. The van der Waals surface area contributed by atoms with Gasteiger partial charge in [-0.2, -0.15) is 0 Å². The molecule has 2 atom stereocenters. The summed E-state index contributed by atoms with van der Waals surface area (Å²) in [6.07, 6.45) is 3.99. The van der Waals surface area contributed by atoms with E-state index in [9.17, 15) is 23.3 Å². The summed E-state index contributed by atoms with van der Waals surface area (Å²) >= 11 is 0. The zero-order valence-electron chi connectivity index (χ0n) is 17.5. The van der Waals surface area contributed by atoms with Crippen molar-refractivity contribution in [3.05, 3.63) is 94.8 Å². The number of carbonyl (C=O) groups is 1. The number of amides is 1. The third kappa shape index (κ3) is 4.71. The van der Waals surface area contributed by atoms with Crippen molar-refractivity contribution >= 4 is 21.4 Å². The molecule has 1 aliphatic rings. The Kier molecular flexibility index (Phi) is 6.75. The Hall–Kier alpha value is -3.50. The molecule has 0 fully saturated rings. The molecule has 0 bridgehead atoms. The molecule has 9 nitrogen and oxygen atoms in total. The van der Waals surface area contributed by atoms with Crippen molar-refractivity contribution in [2.24, 2.45) is 0 Å². The molecular weight excluding hydrogens is 434 g/mol. The lowest BCUT2D eigenvalue weighted by Gasteiger charge is -2.30. The Bertz CT molecular complexity index is 1150. The minimum absolute atomic E-state index is 0.0528. The van der Waals surface area contributed by atoms with Gasteiger partial charge in [0, 0.05) is 16.7 Å². The van der Waals surface area contributed by atoms with Crippen LogP contribution in [0, 0.1) is 10.1 Å².